The standard InChI is InChI=1S/C14H13NO2/c1-17-14-8-7-11(10-15-14)9-13(16)12-5-3-2-4-6-12/h2-8,10H,9H2,1H3. The van der Waals surface area contributed by atoms with Crippen molar-refractivity contribution >= 4 is 5.78 Å². The number of aromatic nitrogens is 1. The minimum Gasteiger partial charge on any atom is -0.481 e. The first-order chi connectivity index (χ1) is 8.29. The third-order valence-corrected chi connectivity index (χ3v) is 2.47. The molecule has 3 heteroatoms. The Balaban J connectivity index is 2.08. The number of carbonyl (C=O) groups excluding carboxylic acids is 1. The quantitative estimate of drug-likeness (QED) is 0.753. The third-order valence-electron chi connectivity index (χ3n) is 2.47. The largest absolute Gasteiger partial charge is 0.481 e. The van der Waals surface area contributed by atoms with E-state index in [0.29, 0.717) is 12.3 Å². The van der Waals surface area contributed by atoms with Gasteiger partial charge in [-0.25, -0.2) is 4.98 Å². The summed E-state index contributed by atoms with van der Waals surface area (Å²) >= 11 is 0. The molecule has 0 aliphatic rings. The number of ketones is 1. The number of pyridine rings is 1. The summed E-state index contributed by atoms with van der Waals surface area (Å²) in [6, 6.07) is 12.9. The fraction of sp³-hybridized carbons (Fsp3) is 0.143. The molecule has 0 amide bonds. The van der Waals surface area contributed by atoms with Gasteiger partial charge in [-0.15, -0.1) is 0 Å². The molecule has 0 radical (unpaired) electrons. The van der Waals surface area contributed by atoms with Crippen LogP contribution in [0.2, 0.25) is 0 Å². The second-order valence-corrected chi connectivity index (χ2v) is 3.67. The zero-order valence-corrected chi connectivity index (χ0v) is 9.59. The molecular weight excluding hydrogens is 214 g/mol. The Hall–Kier alpha value is -2.16. The highest BCUT2D eigenvalue weighted by atomic mass is 16.5. The molecule has 2 rings (SSSR count). The molecule has 0 atom stereocenters. The summed E-state index contributed by atoms with van der Waals surface area (Å²) < 4.78 is 4.96. The van der Waals surface area contributed by atoms with Crippen LogP contribution in [-0.2, 0) is 6.42 Å². The molecule has 1 aromatic heterocycles. The van der Waals surface area contributed by atoms with Crippen LogP contribution in [0.1, 0.15) is 15.9 Å². The van der Waals surface area contributed by atoms with Gasteiger partial charge in [0.2, 0.25) is 5.88 Å². The maximum absolute atomic E-state index is 11.9. The van der Waals surface area contributed by atoms with Gasteiger partial charge in [-0.2, -0.15) is 0 Å². The molecule has 0 bridgehead atoms. The Kier molecular flexibility index (Phi) is 3.50. The van der Waals surface area contributed by atoms with E-state index in [9.17, 15) is 4.79 Å². The second kappa shape index (κ2) is 5.25. The Labute approximate surface area is 100 Å². The van der Waals surface area contributed by atoms with Crippen molar-refractivity contribution in [2.75, 3.05) is 7.11 Å². The van der Waals surface area contributed by atoms with Crippen LogP contribution in [0.4, 0.5) is 0 Å². The van der Waals surface area contributed by atoms with Gasteiger partial charge in [0.25, 0.3) is 0 Å². The van der Waals surface area contributed by atoms with Crippen LogP contribution in [0.15, 0.2) is 48.7 Å². The number of benzene rings is 1. The topological polar surface area (TPSA) is 39.2 Å². The van der Waals surface area contributed by atoms with Crippen molar-refractivity contribution in [3.63, 3.8) is 0 Å². The van der Waals surface area contributed by atoms with E-state index in [1.165, 1.54) is 0 Å². The Morgan fingerprint density at radius 3 is 2.53 bits per heavy atom. The van der Waals surface area contributed by atoms with Gasteiger partial charge in [0.15, 0.2) is 5.78 Å². The van der Waals surface area contributed by atoms with Crippen molar-refractivity contribution in [3.05, 3.63) is 59.8 Å². The predicted molar refractivity (Wildman–Crippen MR) is 65.3 cm³/mol. The van der Waals surface area contributed by atoms with E-state index >= 15 is 0 Å². The average Bonchev–Trinajstić information content (AvgIpc) is 2.40. The van der Waals surface area contributed by atoms with E-state index < -0.39 is 0 Å². The van der Waals surface area contributed by atoms with Gasteiger partial charge in [-0.1, -0.05) is 36.4 Å². The molecule has 0 unspecified atom stereocenters. The lowest BCUT2D eigenvalue weighted by molar-refractivity contribution is 0.0993. The van der Waals surface area contributed by atoms with Crippen molar-refractivity contribution in [1.29, 1.82) is 0 Å². The second-order valence-electron chi connectivity index (χ2n) is 3.67. The highest BCUT2D eigenvalue weighted by molar-refractivity contribution is 5.97. The van der Waals surface area contributed by atoms with Gasteiger partial charge < -0.3 is 4.74 Å². The van der Waals surface area contributed by atoms with E-state index in [-0.39, 0.29) is 5.78 Å². The highest BCUT2D eigenvalue weighted by Gasteiger charge is 2.06. The van der Waals surface area contributed by atoms with E-state index in [1.807, 2.05) is 36.4 Å². The number of rotatable bonds is 4. The summed E-state index contributed by atoms with van der Waals surface area (Å²) in [6.07, 6.45) is 2.03. The first-order valence-corrected chi connectivity index (χ1v) is 5.37. The van der Waals surface area contributed by atoms with Crippen LogP contribution in [0, 0.1) is 0 Å². The number of hydrogen-bond donors (Lipinski definition) is 0. The van der Waals surface area contributed by atoms with Crippen LogP contribution < -0.4 is 4.74 Å². The maximum atomic E-state index is 11.9. The van der Waals surface area contributed by atoms with Crippen molar-refractivity contribution in [1.82, 2.24) is 4.98 Å². The van der Waals surface area contributed by atoms with E-state index in [2.05, 4.69) is 4.98 Å². The number of ether oxygens (including phenoxy) is 1. The van der Waals surface area contributed by atoms with Crippen molar-refractivity contribution in [2.24, 2.45) is 0 Å². The minimum absolute atomic E-state index is 0.0950. The molecule has 0 N–H and O–H groups in total. The number of nitrogens with zero attached hydrogens (tertiary/aromatic N) is 1. The van der Waals surface area contributed by atoms with Gasteiger partial charge in [0.05, 0.1) is 7.11 Å². The molecule has 0 saturated heterocycles. The summed E-state index contributed by atoms with van der Waals surface area (Å²) in [5.41, 5.74) is 1.61. The molecule has 0 spiro atoms. The smallest absolute Gasteiger partial charge is 0.212 e. The number of Topliss-reactive ketones (excluding diaryl/α,β-unsaturated/α-hetero) is 1. The van der Waals surface area contributed by atoms with E-state index in [0.717, 1.165) is 11.1 Å². The number of carbonyl (C=O) groups is 1. The van der Waals surface area contributed by atoms with Crippen LogP contribution in [0.5, 0.6) is 5.88 Å². The molecule has 0 aliphatic carbocycles. The summed E-state index contributed by atoms with van der Waals surface area (Å²) in [5.74, 6) is 0.651. The summed E-state index contributed by atoms with van der Waals surface area (Å²) in [6.45, 7) is 0. The fourth-order valence-corrected chi connectivity index (χ4v) is 1.55. The molecule has 17 heavy (non-hydrogen) atoms. The lowest BCUT2D eigenvalue weighted by Crippen LogP contribution is -2.03. The van der Waals surface area contributed by atoms with Crippen molar-refractivity contribution < 1.29 is 9.53 Å². The monoisotopic (exact) mass is 227 g/mol. The van der Waals surface area contributed by atoms with Gasteiger partial charge in [-0.3, -0.25) is 4.79 Å². The maximum Gasteiger partial charge on any atom is 0.212 e. The third kappa shape index (κ3) is 2.91. The first kappa shape index (κ1) is 11.3. The van der Waals surface area contributed by atoms with E-state index in [1.54, 1.807) is 19.4 Å². The summed E-state index contributed by atoms with van der Waals surface area (Å²) in [4.78, 5) is 16.0. The van der Waals surface area contributed by atoms with Gasteiger partial charge in [-0.05, 0) is 5.56 Å². The molecule has 3 nitrogen and oxygen atoms in total. The lowest BCUT2D eigenvalue weighted by Gasteiger charge is -2.02. The Morgan fingerprint density at radius 1 is 1.18 bits per heavy atom. The molecule has 1 heterocycles. The van der Waals surface area contributed by atoms with Crippen molar-refractivity contribution in [2.45, 2.75) is 6.42 Å². The average molecular weight is 227 g/mol. The molecule has 0 fully saturated rings. The van der Waals surface area contributed by atoms with Gasteiger partial charge in [0, 0.05) is 24.2 Å². The highest BCUT2D eigenvalue weighted by Crippen LogP contribution is 2.10. The molecule has 2 aromatic rings. The van der Waals surface area contributed by atoms with Gasteiger partial charge in [0.1, 0.15) is 0 Å². The van der Waals surface area contributed by atoms with Crippen LogP contribution in [0.25, 0.3) is 0 Å². The van der Waals surface area contributed by atoms with Gasteiger partial charge >= 0.3 is 0 Å². The van der Waals surface area contributed by atoms with Crippen LogP contribution in [-0.4, -0.2) is 17.9 Å². The van der Waals surface area contributed by atoms with E-state index in [4.69, 9.17) is 4.74 Å². The minimum atomic E-state index is 0.0950. The number of methoxy groups -OCH3 is 1. The fourth-order valence-electron chi connectivity index (χ4n) is 1.55. The predicted octanol–water partition coefficient (Wildman–Crippen LogP) is 2.52. The normalized spacial score (nSPS) is 9.94. The Morgan fingerprint density at radius 2 is 1.94 bits per heavy atom. The molecular formula is C14H13NO2. The Bertz CT molecular complexity index is 491. The SMILES string of the molecule is COc1ccc(CC(=O)c2ccccc2)cn1. The summed E-state index contributed by atoms with van der Waals surface area (Å²) in [7, 11) is 1.57. The molecule has 0 aliphatic heterocycles. The first-order valence-electron chi connectivity index (χ1n) is 5.37. The zero-order valence-electron chi connectivity index (χ0n) is 9.59. The van der Waals surface area contributed by atoms with Crippen molar-refractivity contribution in [3.8, 4) is 5.88 Å². The zero-order chi connectivity index (χ0) is 12.1. The lowest BCUT2D eigenvalue weighted by atomic mass is 10.0. The van der Waals surface area contributed by atoms with Crippen LogP contribution in [0.3, 0.4) is 0 Å². The molecule has 86 valence electrons. The summed E-state index contributed by atoms with van der Waals surface area (Å²) in [5, 5.41) is 0. The molecule has 0 saturated carbocycles. The van der Waals surface area contributed by atoms with Crippen LogP contribution >= 0.6 is 0 Å². The number of hydrogen-bond acceptors (Lipinski definition) is 3. The molecule has 1 aromatic carbocycles.